The number of thiazole rings is 1. The van der Waals surface area contributed by atoms with Crippen LogP contribution < -0.4 is 19.6 Å². The highest BCUT2D eigenvalue weighted by atomic mass is 127. The molecule has 6 nitrogen and oxygen atoms in total. The van der Waals surface area contributed by atoms with Gasteiger partial charge in [0.25, 0.3) is 5.56 Å². The number of rotatable bonds is 7. The van der Waals surface area contributed by atoms with Gasteiger partial charge in [-0.05, 0) is 94.9 Å². The third-order valence-electron chi connectivity index (χ3n) is 6.17. The van der Waals surface area contributed by atoms with E-state index in [9.17, 15) is 9.59 Å². The van der Waals surface area contributed by atoms with Crippen LogP contribution in [0.15, 0.2) is 82.1 Å². The van der Waals surface area contributed by atoms with Crippen LogP contribution >= 0.6 is 68.1 Å². The van der Waals surface area contributed by atoms with E-state index in [1.165, 1.54) is 11.3 Å². The van der Waals surface area contributed by atoms with Gasteiger partial charge in [0.05, 0.1) is 38.6 Å². The van der Waals surface area contributed by atoms with Crippen LogP contribution in [0.5, 0.6) is 5.75 Å². The maximum atomic E-state index is 14.1. The maximum Gasteiger partial charge on any atom is 0.338 e. The highest BCUT2D eigenvalue weighted by Crippen LogP contribution is 2.35. The molecule has 0 radical (unpaired) electrons. The summed E-state index contributed by atoms with van der Waals surface area (Å²) in [6.07, 6.45) is 1.84. The summed E-state index contributed by atoms with van der Waals surface area (Å²) < 4.78 is 15.5. The van der Waals surface area contributed by atoms with E-state index in [0.717, 1.165) is 29.6 Å². The number of carbonyl (C=O) groups excluding carboxylic acids is 1. The molecule has 0 N–H and O–H groups in total. The average molecular weight is 797 g/mol. The van der Waals surface area contributed by atoms with Crippen molar-refractivity contribution in [2.45, 2.75) is 19.9 Å². The van der Waals surface area contributed by atoms with Crippen LogP contribution in [0, 0.1) is 7.14 Å². The van der Waals surface area contributed by atoms with Crippen LogP contribution in [0.3, 0.4) is 0 Å². The molecule has 1 aliphatic rings. The SMILES string of the molecule is CCOC(=O)C1=C(c2ccccc2)N=c2s/c(=C\c3cc(I)cc(I)c3OCC)c(=O)n2[C@@H]1c1ccc(Cl)cc1. The highest BCUT2D eigenvalue weighted by Gasteiger charge is 2.35. The number of benzene rings is 3. The van der Waals surface area contributed by atoms with Crippen LogP contribution in [-0.4, -0.2) is 23.8 Å². The predicted molar refractivity (Wildman–Crippen MR) is 176 cm³/mol. The molecule has 0 fully saturated rings. The predicted octanol–water partition coefficient (Wildman–Crippen LogP) is 6.20. The fourth-order valence-electron chi connectivity index (χ4n) is 4.53. The molecule has 0 saturated heterocycles. The van der Waals surface area contributed by atoms with E-state index in [0.29, 0.717) is 32.2 Å². The smallest absolute Gasteiger partial charge is 0.338 e. The number of fused-ring (bicyclic) bond motifs is 1. The van der Waals surface area contributed by atoms with Crippen LogP contribution in [-0.2, 0) is 9.53 Å². The summed E-state index contributed by atoms with van der Waals surface area (Å²) in [6, 6.07) is 19.9. The van der Waals surface area contributed by atoms with Gasteiger partial charge in [-0.1, -0.05) is 65.4 Å². The summed E-state index contributed by atoms with van der Waals surface area (Å²) in [5, 5.41) is 0.554. The lowest BCUT2D eigenvalue weighted by molar-refractivity contribution is -0.138. The molecule has 0 unspecified atom stereocenters. The van der Waals surface area contributed by atoms with E-state index in [4.69, 9.17) is 26.1 Å². The van der Waals surface area contributed by atoms with Gasteiger partial charge in [0.2, 0.25) is 0 Å². The molecule has 0 amide bonds. The number of esters is 1. The molecule has 40 heavy (non-hydrogen) atoms. The Hall–Kier alpha value is -2.48. The van der Waals surface area contributed by atoms with Crippen molar-refractivity contribution < 1.29 is 14.3 Å². The van der Waals surface area contributed by atoms with Crippen molar-refractivity contribution in [1.29, 1.82) is 0 Å². The van der Waals surface area contributed by atoms with E-state index in [-0.39, 0.29) is 12.2 Å². The average Bonchev–Trinajstić information content (AvgIpc) is 3.25. The fraction of sp³-hybridized carbons (Fsp3) is 0.167. The molecular weight excluding hydrogens is 774 g/mol. The van der Waals surface area contributed by atoms with Crippen LogP contribution in [0.1, 0.15) is 36.6 Å². The molecule has 204 valence electrons. The number of ether oxygens (including phenoxy) is 2. The molecule has 0 aliphatic carbocycles. The Balaban J connectivity index is 1.83. The Labute approximate surface area is 267 Å². The van der Waals surface area contributed by atoms with Crippen molar-refractivity contribution in [1.82, 2.24) is 4.57 Å². The third-order valence-corrected chi connectivity index (χ3v) is 8.83. The first kappa shape index (κ1) is 29.0. The first-order chi connectivity index (χ1) is 19.3. The van der Waals surface area contributed by atoms with E-state index in [1.54, 1.807) is 23.6 Å². The Morgan fingerprint density at radius 1 is 1.07 bits per heavy atom. The zero-order valence-corrected chi connectivity index (χ0v) is 27.4. The summed E-state index contributed by atoms with van der Waals surface area (Å²) in [6.45, 7) is 4.37. The van der Waals surface area contributed by atoms with Gasteiger partial charge in [0, 0.05) is 19.7 Å². The molecule has 10 heteroatoms. The summed E-state index contributed by atoms with van der Waals surface area (Å²) in [4.78, 5) is 33.0. The van der Waals surface area contributed by atoms with E-state index >= 15 is 0 Å². The second kappa shape index (κ2) is 12.6. The summed E-state index contributed by atoms with van der Waals surface area (Å²) in [5.41, 5.74) is 2.81. The van der Waals surface area contributed by atoms with Gasteiger partial charge in [-0.25, -0.2) is 9.79 Å². The molecule has 2 heterocycles. The second-order valence-corrected chi connectivity index (χ2v) is 12.6. The van der Waals surface area contributed by atoms with Crippen LogP contribution in [0.2, 0.25) is 5.02 Å². The first-order valence-corrected chi connectivity index (χ1v) is 15.8. The molecule has 5 rings (SSSR count). The monoisotopic (exact) mass is 796 g/mol. The standard InChI is InChI=1S/C30H23ClI2N2O4S/c1-3-38-27-19(14-21(32)16-22(27)33)15-23-28(36)35-26(18-10-12-20(31)13-11-18)24(29(37)39-4-2)25(34-30(35)40-23)17-8-6-5-7-9-17/h5-16,26H,3-4H2,1-2H3/b23-15-/t26-/m1/s1. The minimum absolute atomic E-state index is 0.188. The van der Waals surface area contributed by atoms with Gasteiger partial charge in [-0.3, -0.25) is 9.36 Å². The van der Waals surface area contributed by atoms with Crippen molar-refractivity contribution in [3.8, 4) is 5.75 Å². The normalized spacial score (nSPS) is 15.0. The van der Waals surface area contributed by atoms with E-state index < -0.39 is 12.0 Å². The molecule has 0 bridgehead atoms. The highest BCUT2D eigenvalue weighted by molar-refractivity contribution is 14.1. The number of nitrogens with zero attached hydrogens (tertiary/aromatic N) is 2. The van der Waals surface area contributed by atoms with E-state index in [2.05, 4.69) is 45.2 Å². The zero-order chi connectivity index (χ0) is 28.4. The van der Waals surface area contributed by atoms with Crippen molar-refractivity contribution in [3.63, 3.8) is 0 Å². The van der Waals surface area contributed by atoms with Gasteiger partial charge >= 0.3 is 5.97 Å². The third kappa shape index (κ3) is 5.79. The van der Waals surface area contributed by atoms with E-state index in [1.807, 2.05) is 67.6 Å². The maximum absolute atomic E-state index is 14.1. The lowest BCUT2D eigenvalue weighted by atomic mass is 9.93. The number of hydrogen-bond donors (Lipinski definition) is 0. The minimum atomic E-state index is -0.757. The zero-order valence-electron chi connectivity index (χ0n) is 21.5. The molecule has 0 spiro atoms. The molecule has 1 aliphatic heterocycles. The van der Waals surface area contributed by atoms with Gasteiger partial charge in [0.15, 0.2) is 4.80 Å². The Kier molecular flexibility index (Phi) is 9.13. The van der Waals surface area contributed by atoms with Crippen molar-refractivity contribution >= 4 is 85.9 Å². The van der Waals surface area contributed by atoms with Crippen LogP contribution in [0.25, 0.3) is 11.8 Å². The van der Waals surface area contributed by atoms with Gasteiger partial charge in [-0.15, -0.1) is 0 Å². The minimum Gasteiger partial charge on any atom is -0.492 e. The number of carbonyl (C=O) groups is 1. The number of hydrogen-bond acceptors (Lipinski definition) is 6. The van der Waals surface area contributed by atoms with Gasteiger partial charge in [0.1, 0.15) is 5.75 Å². The lowest BCUT2D eigenvalue weighted by Crippen LogP contribution is -2.40. The molecule has 3 aromatic carbocycles. The molecular formula is C30H23ClI2N2O4S. The van der Waals surface area contributed by atoms with Crippen molar-refractivity contribution in [2.24, 2.45) is 4.99 Å². The largest absolute Gasteiger partial charge is 0.492 e. The Bertz CT molecular complexity index is 1800. The molecule has 4 aromatic rings. The van der Waals surface area contributed by atoms with Gasteiger partial charge < -0.3 is 9.47 Å². The number of halogens is 3. The first-order valence-electron chi connectivity index (χ1n) is 12.5. The molecule has 1 atom stereocenters. The second-order valence-electron chi connectivity index (χ2n) is 8.72. The summed E-state index contributed by atoms with van der Waals surface area (Å²) in [7, 11) is 0. The molecule has 1 aromatic heterocycles. The van der Waals surface area contributed by atoms with Crippen LogP contribution in [0.4, 0.5) is 0 Å². The van der Waals surface area contributed by atoms with Crippen molar-refractivity contribution in [3.05, 3.63) is 121 Å². The summed E-state index contributed by atoms with van der Waals surface area (Å²) in [5.74, 6) is 0.200. The van der Waals surface area contributed by atoms with Gasteiger partial charge in [-0.2, -0.15) is 0 Å². The molecule has 0 saturated carbocycles. The lowest BCUT2D eigenvalue weighted by Gasteiger charge is -2.26. The fourth-order valence-corrected chi connectivity index (χ4v) is 7.69. The Morgan fingerprint density at radius 2 is 1.80 bits per heavy atom. The summed E-state index contributed by atoms with van der Waals surface area (Å²) >= 11 is 12.0. The number of aromatic nitrogens is 1. The Morgan fingerprint density at radius 3 is 2.48 bits per heavy atom. The quantitative estimate of drug-likeness (QED) is 0.165. The van der Waals surface area contributed by atoms with Crippen molar-refractivity contribution in [2.75, 3.05) is 13.2 Å². The topological polar surface area (TPSA) is 69.9 Å².